The van der Waals surface area contributed by atoms with Gasteiger partial charge in [0.05, 0.1) is 12.0 Å². The Morgan fingerprint density at radius 2 is 2.25 bits per heavy atom. The SMILES string of the molecule is C=C1C(=O)OC(=O)C/C1=C/CC. The fraction of sp³-hybridized carbons (Fsp3) is 0.333. The highest BCUT2D eigenvalue weighted by Gasteiger charge is 2.25. The van der Waals surface area contributed by atoms with Crippen molar-refractivity contribution >= 4 is 11.9 Å². The molecule has 0 radical (unpaired) electrons. The van der Waals surface area contributed by atoms with E-state index in [9.17, 15) is 9.59 Å². The molecular formula is C9H10O3. The zero-order valence-electron chi connectivity index (χ0n) is 6.92. The lowest BCUT2D eigenvalue weighted by atomic mass is 10.0. The molecule has 0 aromatic rings. The first-order valence-electron chi connectivity index (χ1n) is 3.78. The lowest BCUT2D eigenvalue weighted by molar-refractivity contribution is -0.157. The number of hydrogen-bond acceptors (Lipinski definition) is 3. The fourth-order valence-corrected chi connectivity index (χ4v) is 1.04. The predicted molar refractivity (Wildman–Crippen MR) is 43.2 cm³/mol. The largest absolute Gasteiger partial charge is 0.389 e. The van der Waals surface area contributed by atoms with Gasteiger partial charge < -0.3 is 4.74 Å². The van der Waals surface area contributed by atoms with E-state index in [1.54, 1.807) is 0 Å². The van der Waals surface area contributed by atoms with E-state index in [0.717, 1.165) is 6.42 Å². The molecule has 0 aromatic heterocycles. The summed E-state index contributed by atoms with van der Waals surface area (Å²) in [6, 6.07) is 0. The van der Waals surface area contributed by atoms with E-state index in [1.165, 1.54) is 0 Å². The van der Waals surface area contributed by atoms with Crippen LogP contribution in [0.4, 0.5) is 0 Å². The molecule has 1 fully saturated rings. The molecule has 1 rings (SSSR count). The van der Waals surface area contributed by atoms with E-state index in [0.29, 0.717) is 11.1 Å². The molecule has 3 heteroatoms. The van der Waals surface area contributed by atoms with E-state index in [1.807, 2.05) is 13.0 Å². The van der Waals surface area contributed by atoms with Gasteiger partial charge in [-0.3, -0.25) is 4.79 Å². The second kappa shape index (κ2) is 3.34. The lowest BCUT2D eigenvalue weighted by Gasteiger charge is -2.14. The van der Waals surface area contributed by atoms with E-state index in [4.69, 9.17) is 0 Å². The Morgan fingerprint density at radius 1 is 1.58 bits per heavy atom. The molecule has 0 aromatic carbocycles. The summed E-state index contributed by atoms with van der Waals surface area (Å²) < 4.78 is 4.36. The molecule has 0 atom stereocenters. The van der Waals surface area contributed by atoms with E-state index in [2.05, 4.69) is 11.3 Å². The minimum atomic E-state index is -0.619. The van der Waals surface area contributed by atoms with Crippen LogP contribution in [0.3, 0.4) is 0 Å². The van der Waals surface area contributed by atoms with Crippen molar-refractivity contribution in [3.63, 3.8) is 0 Å². The molecule has 0 saturated carbocycles. The highest BCUT2D eigenvalue weighted by atomic mass is 16.6. The Labute approximate surface area is 70.7 Å². The summed E-state index contributed by atoms with van der Waals surface area (Å²) in [4.78, 5) is 21.7. The molecule has 1 saturated heterocycles. The molecule has 0 amide bonds. The number of esters is 2. The Kier molecular flexibility index (Phi) is 2.43. The van der Waals surface area contributed by atoms with Crippen molar-refractivity contribution in [2.45, 2.75) is 19.8 Å². The summed E-state index contributed by atoms with van der Waals surface area (Å²) in [5.41, 5.74) is 0.996. The second-order valence-electron chi connectivity index (χ2n) is 2.55. The maximum absolute atomic E-state index is 10.9. The van der Waals surface area contributed by atoms with Gasteiger partial charge in [-0.15, -0.1) is 0 Å². The monoisotopic (exact) mass is 166 g/mol. The van der Waals surface area contributed by atoms with Crippen LogP contribution in [0.2, 0.25) is 0 Å². The van der Waals surface area contributed by atoms with Crippen molar-refractivity contribution in [1.82, 2.24) is 0 Å². The molecule has 0 N–H and O–H groups in total. The predicted octanol–water partition coefficient (Wildman–Crippen LogP) is 1.35. The van der Waals surface area contributed by atoms with Crippen LogP contribution >= 0.6 is 0 Å². The average Bonchev–Trinajstić information content (AvgIpc) is 2.00. The van der Waals surface area contributed by atoms with Crippen molar-refractivity contribution in [3.8, 4) is 0 Å². The van der Waals surface area contributed by atoms with Gasteiger partial charge >= 0.3 is 11.9 Å². The third-order valence-electron chi connectivity index (χ3n) is 1.63. The first-order chi connectivity index (χ1) is 5.65. The number of cyclic esters (lactones) is 2. The number of carbonyl (C=O) groups is 2. The van der Waals surface area contributed by atoms with Crippen molar-refractivity contribution in [1.29, 1.82) is 0 Å². The molecule has 1 aliphatic rings. The molecule has 1 aliphatic heterocycles. The summed E-state index contributed by atoms with van der Waals surface area (Å²) in [6.07, 6.45) is 2.77. The van der Waals surface area contributed by atoms with Crippen LogP contribution in [0.25, 0.3) is 0 Å². The number of rotatable bonds is 1. The first kappa shape index (κ1) is 8.71. The van der Waals surface area contributed by atoms with Crippen LogP contribution in [-0.4, -0.2) is 11.9 Å². The van der Waals surface area contributed by atoms with Crippen LogP contribution in [0, 0.1) is 0 Å². The van der Waals surface area contributed by atoms with Gasteiger partial charge in [0, 0.05) is 0 Å². The molecule has 12 heavy (non-hydrogen) atoms. The summed E-state index contributed by atoms with van der Waals surface area (Å²) >= 11 is 0. The smallest absolute Gasteiger partial charge is 0.345 e. The van der Waals surface area contributed by atoms with Gasteiger partial charge in [0.15, 0.2) is 0 Å². The van der Waals surface area contributed by atoms with Crippen LogP contribution < -0.4 is 0 Å². The third-order valence-corrected chi connectivity index (χ3v) is 1.63. The van der Waals surface area contributed by atoms with Gasteiger partial charge in [-0.25, -0.2) is 4.79 Å². The van der Waals surface area contributed by atoms with Crippen LogP contribution in [0.1, 0.15) is 19.8 Å². The molecule has 0 spiro atoms. The standard InChI is InChI=1S/C9H10O3/c1-3-4-7-5-8(10)12-9(11)6(7)2/h4H,2-3,5H2,1H3/b7-4-. The summed E-state index contributed by atoms with van der Waals surface area (Å²) in [7, 11) is 0. The zero-order valence-corrected chi connectivity index (χ0v) is 6.92. The maximum atomic E-state index is 10.9. The number of allylic oxidation sites excluding steroid dienone is 1. The van der Waals surface area contributed by atoms with Crippen molar-refractivity contribution in [3.05, 3.63) is 23.8 Å². The van der Waals surface area contributed by atoms with Crippen LogP contribution in [0.15, 0.2) is 23.8 Å². The first-order valence-corrected chi connectivity index (χ1v) is 3.78. The molecule has 1 heterocycles. The Hall–Kier alpha value is -1.38. The normalized spacial score (nSPS) is 21.4. The van der Waals surface area contributed by atoms with Gasteiger partial charge in [-0.1, -0.05) is 19.6 Å². The highest BCUT2D eigenvalue weighted by molar-refractivity contribution is 6.04. The summed E-state index contributed by atoms with van der Waals surface area (Å²) in [6.45, 7) is 5.47. The zero-order chi connectivity index (χ0) is 9.14. The maximum Gasteiger partial charge on any atom is 0.345 e. The van der Waals surface area contributed by atoms with Gasteiger partial charge in [0.1, 0.15) is 0 Å². The van der Waals surface area contributed by atoms with Crippen LogP contribution in [0.5, 0.6) is 0 Å². The van der Waals surface area contributed by atoms with Crippen molar-refractivity contribution in [2.75, 3.05) is 0 Å². The van der Waals surface area contributed by atoms with Gasteiger partial charge in [-0.2, -0.15) is 0 Å². The number of carbonyl (C=O) groups excluding carboxylic acids is 2. The van der Waals surface area contributed by atoms with Crippen molar-refractivity contribution in [2.24, 2.45) is 0 Å². The number of hydrogen-bond donors (Lipinski definition) is 0. The molecule has 0 unspecified atom stereocenters. The molecular weight excluding hydrogens is 156 g/mol. The average molecular weight is 166 g/mol. The van der Waals surface area contributed by atoms with Gasteiger partial charge in [0.25, 0.3) is 0 Å². The molecule has 3 nitrogen and oxygen atoms in total. The Morgan fingerprint density at radius 3 is 2.83 bits per heavy atom. The minimum absolute atomic E-state index is 0.165. The van der Waals surface area contributed by atoms with E-state index in [-0.39, 0.29) is 6.42 Å². The third kappa shape index (κ3) is 1.61. The minimum Gasteiger partial charge on any atom is -0.389 e. The molecule has 0 bridgehead atoms. The van der Waals surface area contributed by atoms with Crippen LogP contribution in [-0.2, 0) is 14.3 Å². The van der Waals surface area contributed by atoms with Gasteiger partial charge in [-0.05, 0) is 12.0 Å². The second-order valence-corrected chi connectivity index (χ2v) is 2.55. The highest BCUT2D eigenvalue weighted by Crippen LogP contribution is 2.20. The molecule has 64 valence electrons. The quantitative estimate of drug-likeness (QED) is 0.335. The van der Waals surface area contributed by atoms with E-state index >= 15 is 0 Å². The summed E-state index contributed by atoms with van der Waals surface area (Å²) in [5, 5.41) is 0. The van der Waals surface area contributed by atoms with E-state index < -0.39 is 11.9 Å². The molecule has 0 aliphatic carbocycles. The van der Waals surface area contributed by atoms with Gasteiger partial charge in [0.2, 0.25) is 0 Å². The van der Waals surface area contributed by atoms with Crippen molar-refractivity contribution < 1.29 is 14.3 Å². The summed E-state index contributed by atoms with van der Waals surface area (Å²) in [5.74, 6) is -1.11. The lowest BCUT2D eigenvalue weighted by Crippen LogP contribution is -2.22. The topological polar surface area (TPSA) is 43.4 Å². The number of ether oxygens (including phenoxy) is 1. The Balaban J connectivity index is 2.87. The Bertz CT molecular complexity index is 273. The fourth-order valence-electron chi connectivity index (χ4n) is 1.04.